The second kappa shape index (κ2) is 3.28. The highest BCUT2D eigenvalue weighted by Gasteiger charge is 2.27. The highest BCUT2D eigenvalue weighted by molar-refractivity contribution is 7.99. The van der Waals surface area contributed by atoms with Crippen LogP contribution in [-0.4, -0.2) is 22.6 Å². The zero-order chi connectivity index (χ0) is 7.56. The first-order valence-corrected chi connectivity index (χ1v) is 4.68. The van der Waals surface area contributed by atoms with Gasteiger partial charge in [0.05, 0.1) is 5.92 Å². The molecule has 3 heteroatoms. The number of carbonyl (C=O) groups is 1. The molecule has 1 heterocycles. The Bertz CT molecular complexity index is 136. The van der Waals surface area contributed by atoms with Gasteiger partial charge in [-0.05, 0) is 23.8 Å². The van der Waals surface area contributed by atoms with Crippen molar-refractivity contribution < 1.29 is 9.90 Å². The summed E-state index contributed by atoms with van der Waals surface area (Å²) in [6.07, 6.45) is 0.848. The lowest BCUT2D eigenvalue weighted by molar-refractivity contribution is -0.143. The lowest BCUT2D eigenvalue weighted by Crippen LogP contribution is -2.27. The van der Waals surface area contributed by atoms with Crippen LogP contribution in [0.25, 0.3) is 0 Å². The molecule has 0 aliphatic carbocycles. The Morgan fingerprint density at radius 2 is 2.40 bits per heavy atom. The molecule has 1 N–H and O–H groups in total. The average molecular weight is 160 g/mol. The lowest BCUT2D eigenvalue weighted by Gasteiger charge is -2.24. The van der Waals surface area contributed by atoms with Crippen LogP contribution in [-0.2, 0) is 4.79 Å². The van der Waals surface area contributed by atoms with Gasteiger partial charge in [-0.3, -0.25) is 4.79 Å². The van der Waals surface area contributed by atoms with Crippen molar-refractivity contribution in [3.63, 3.8) is 0 Å². The van der Waals surface area contributed by atoms with Crippen molar-refractivity contribution in [3.05, 3.63) is 0 Å². The Balaban J connectivity index is 2.47. The second-order valence-electron chi connectivity index (χ2n) is 2.79. The molecule has 1 aliphatic heterocycles. The highest BCUT2D eigenvalue weighted by atomic mass is 32.2. The second-order valence-corrected chi connectivity index (χ2v) is 3.94. The van der Waals surface area contributed by atoms with Crippen LogP contribution < -0.4 is 0 Å². The van der Waals surface area contributed by atoms with Crippen LogP contribution >= 0.6 is 11.8 Å². The Hall–Kier alpha value is -0.180. The molecular weight excluding hydrogens is 148 g/mol. The summed E-state index contributed by atoms with van der Waals surface area (Å²) in [5.41, 5.74) is 0. The van der Waals surface area contributed by atoms with Crippen molar-refractivity contribution in [1.82, 2.24) is 0 Å². The summed E-state index contributed by atoms with van der Waals surface area (Å²) in [6, 6.07) is 0. The maximum atomic E-state index is 10.6. The van der Waals surface area contributed by atoms with E-state index < -0.39 is 5.97 Å². The molecule has 10 heavy (non-hydrogen) atoms. The number of hydrogen-bond donors (Lipinski definition) is 1. The predicted octanol–water partition coefficient (Wildman–Crippen LogP) is 1.46. The SMILES string of the molecule is CC1CSCCC1C(=O)O. The maximum Gasteiger partial charge on any atom is 0.306 e. The fourth-order valence-electron chi connectivity index (χ4n) is 1.25. The van der Waals surface area contributed by atoms with E-state index >= 15 is 0 Å². The standard InChI is InChI=1S/C7H12O2S/c1-5-4-10-3-2-6(5)7(8)9/h5-6H,2-4H2,1H3,(H,8,9). The van der Waals surface area contributed by atoms with Gasteiger partial charge in [0, 0.05) is 0 Å². The Labute approximate surface area is 65.0 Å². The van der Waals surface area contributed by atoms with Gasteiger partial charge in [-0.15, -0.1) is 0 Å². The van der Waals surface area contributed by atoms with E-state index in [-0.39, 0.29) is 5.92 Å². The topological polar surface area (TPSA) is 37.3 Å². The smallest absolute Gasteiger partial charge is 0.306 e. The van der Waals surface area contributed by atoms with Crippen molar-refractivity contribution >= 4 is 17.7 Å². The normalized spacial score (nSPS) is 33.7. The summed E-state index contributed by atoms with van der Waals surface area (Å²) in [5, 5.41) is 8.70. The Kier molecular flexibility index (Phi) is 2.60. The first-order chi connectivity index (χ1) is 4.72. The molecular formula is C7H12O2S. The predicted molar refractivity (Wildman–Crippen MR) is 42.2 cm³/mol. The van der Waals surface area contributed by atoms with Gasteiger partial charge < -0.3 is 5.11 Å². The van der Waals surface area contributed by atoms with Gasteiger partial charge in [0.2, 0.25) is 0 Å². The number of carboxylic acids is 1. The third kappa shape index (κ3) is 1.66. The minimum absolute atomic E-state index is 0.0822. The lowest BCUT2D eigenvalue weighted by atomic mass is 9.93. The van der Waals surface area contributed by atoms with E-state index in [0.29, 0.717) is 5.92 Å². The number of rotatable bonds is 1. The molecule has 0 saturated carbocycles. The fourth-order valence-corrected chi connectivity index (χ4v) is 2.44. The molecule has 2 unspecified atom stereocenters. The van der Waals surface area contributed by atoms with Crippen LogP contribution in [0.4, 0.5) is 0 Å². The molecule has 0 radical (unpaired) electrons. The Morgan fingerprint density at radius 1 is 1.70 bits per heavy atom. The van der Waals surface area contributed by atoms with E-state index in [4.69, 9.17) is 5.11 Å². The van der Waals surface area contributed by atoms with E-state index in [1.807, 2.05) is 18.7 Å². The molecule has 0 aromatic carbocycles. The molecule has 2 nitrogen and oxygen atoms in total. The molecule has 0 spiro atoms. The monoisotopic (exact) mass is 160 g/mol. The van der Waals surface area contributed by atoms with Gasteiger partial charge in [-0.1, -0.05) is 6.92 Å². The molecule has 0 amide bonds. The minimum atomic E-state index is -0.618. The van der Waals surface area contributed by atoms with Crippen molar-refractivity contribution in [1.29, 1.82) is 0 Å². The number of carboxylic acid groups (broad SMARTS) is 1. The molecule has 1 aliphatic rings. The first kappa shape index (κ1) is 7.92. The Morgan fingerprint density at radius 3 is 2.80 bits per heavy atom. The van der Waals surface area contributed by atoms with Crippen LogP contribution in [0.15, 0.2) is 0 Å². The third-order valence-electron chi connectivity index (χ3n) is 1.96. The molecule has 2 atom stereocenters. The van der Waals surface area contributed by atoms with E-state index in [1.165, 1.54) is 0 Å². The van der Waals surface area contributed by atoms with Crippen LogP contribution in [0.2, 0.25) is 0 Å². The van der Waals surface area contributed by atoms with Crippen LogP contribution in [0, 0.1) is 11.8 Å². The molecule has 0 aromatic rings. The molecule has 0 aromatic heterocycles. The van der Waals surface area contributed by atoms with Crippen LogP contribution in [0.1, 0.15) is 13.3 Å². The molecule has 58 valence electrons. The van der Waals surface area contributed by atoms with E-state index in [1.54, 1.807) is 0 Å². The number of aliphatic carboxylic acids is 1. The molecule has 1 saturated heterocycles. The van der Waals surface area contributed by atoms with E-state index in [2.05, 4.69) is 0 Å². The molecule has 1 fully saturated rings. The molecule has 1 rings (SSSR count). The van der Waals surface area contributed by atoms with Crippen molar-refractivity contribution in [2.45, 2.75) is 13.3 Å². The maximum absolute atomic E-state index is 10.6. The fraction of sp³-hybridized carbons (Fsp3) is 0.857. The van der Waals surface area contributed by atoms with Crippen LogP contribution in [0.3, 0.4) is 0 Å². The summed E-state index contributed by atoms with van der Waals surface area (Å²) in [7, 11) is 0. The van der Waals surface area contributed by atoms with Gasteiger partial charge in [0.25, 0.3) is 0 Å². The summed E-state index contributed by atoms with van der Waals surface area (Å²) in [6.45, 7) is 2.02. The summed E-state index contributed by atoms with van der Waals surface area (Å²) in [5.74, 6) is 1.68. The summed E-state index contributed by atoms with van der Waals surface area (Å²) in [4.78, 5) is 10.6. The molecule has 0 bridgehead atoms. The van der Waals surface area contributed by atoms with Gasteiger partial charge in [0.1, 0.15) is 0 Å². The van der Waals surface area contributed by atoms with Gasteiger partial charge in [-0.2, -0.15) is 11.8 Å². The van der Waals surface area contributed by atoms with Gasteiger partial charge >= 0.3 is 5.97 Å². The van der Waals surface area contributed by atoms with E-state index in [0.717, 1.165) is 17.9 Å². The quantitative estimate of drug-likeness (QED) is 0.631. The zero-order valence-electron chi connectivity index (χ0n) is 6.04. The first-order valence-electron chi connectivity index (χ1n) is 3.52. The highest BCUT2D eigenvalue weighted by Crippen LogP contribution is 2.27. The van der Waals surface area contributed by atoms with Crippen molar-refractivity contribution in [3.8, 4) is 0 Å². The average Bonchev–Trinajstić information content (AvgIpc) is 1.88. The van der Waals surface area contributed by atoms with Gasteiger partial charge in [0.15, 0.2) is 0 Å². The minimum Gasteiger partial charge on any atom is -0.481 e. The number of thioether (sulfide) groups is 1. The van der Waals surface area contributed by atoms with Crippen molar-refractivity contribution in [2.75, 3.05) is 11.5 Å². The third-order valence-corrected chi connectivity index (χ3v) is 3.24. The number of hydrogen-bond acceptors (Lipinski definition) is 2. The van der Waals surface area contributed by atoms with Gasteiger partial charge in [-0.25, -0.2) is 0 Å². The van der Waals surface area contributed by atoms with Crippen molar-refractivity contribution in [2.24, 2.45) is 11.8 Å². The zero-order valence-corrected chi connectivity index (χ0v) is 6.86. The van der Waals surface area contributed by atoms with E-state index in [9.17, 15) is 4.79 Å². The largest absolute Gasteiger partial charge is 0.481 e. The summed E-state index contributed by atoms with van der Waals surface area (Å²) < 4.78 is 0. The summed E-state index contributed by atoms with van der Waals surface area (Å²) >= 11 is 1.86. The van der Waals surface area contributed by atoms with Crippen LogP contribution in [0.5, 0.6) is 0 Å².